The molecular formula is C18H18Br2N3O3S+. The molecule has 2 aromatic carbocycles. The molecule has 0 saturated heterocycles. The summed E-state index contributed by atoms with van der Waals surface area (Å²) in [4.78, 5) is 12.5. The molecule has 0 amide bonds. The summed E-state index contributed by atoms with van der Waals surface area (Å²) in [6, 6.07) is 14.0. The second-order valence-corrected chi connectivity index (χ2v) is 8.32. The second kappa shape index (κ2) is 7.90. The quantitative estimate of drug-likeness (QED) is 0.378. The van der Waals surface area contributed by atoms with Gasteiger partial charge in [-0.15, -0.1) is 17.0 Å². The van der Waals surface area contributed by atoms with Crippen molar-refractivity contribution < 1.29 is 14.6 Å². The summed E-state index contributed by atoms with van der Waals surface area (Å²) < 4.78 is 3.14. The molecule has 0 saturated carbocycles. The summed E-state index contributed by atoms with van der Waals surface area (Å²) in [6.45, 7) is 1.36. The van der Waals surface area contributed by atoms with Gasteiger partial charge in [0.2, 0.25) is 0 Å². The van der Waals surface area contributed by atoms with E-state index in [1.807, 2.05) is 29.2 Å². The maximum atomic E-state index is 11.7. The van der Waals surface area contributed by atoms with Gasteiger partial charge < -0.3 is 5.11 Å². The largest absolute Gasteiger partial charge is 0.346 e. The van der Waals surface area contributed by atoms with Gasteiger partial charge in [-0.1, -0.05) is 28.1 Å². The predicted molar refractivity (Wildman–Crippen MR) is 116 cm³/mol. The molecule has 1 unspecified atom stereocenters. The van der Waals surface area contributed by atoms with Gasteiger partial charge >= 0.3 is 5.17 Å². The Hall–Kier alpha value is -1.42. The van der Waals surface area contributed by atoms with Gasteiger partial charge in [0.1, 0.15) is 5.69 Å². The maximum Gasteiger partial charge on any atom is 0.316 e. The number of nitro benzene ring substituents is 1. The van der Waals surface area contributed by atoms with Crippen LogP contribution in [0.15, 0.2) is 53.0 Å². The summed E-state index contributed by atoms with van der Waals surface area (Å²) in [5.74, 6) is 0.992. The Balaban J connectivity index is 0.00000210. The maximum absolute atomic E-state index is 11.7. The SMILES string of the molecule is Br.O=[N+]([O-])c1ccc(N2C3=[N+](CCCS3)CC2(O)c2ccc(Br)cc2)cc1. The molecule has 2 aliphatic heterocycles. The topological polar surface area (TPSA) is 69.6 Å². The monoisotopic (exact) mass is 514 g/mol. The number of aliphatic hydroxyl groups is 1. The standard InChI is InChI=1S/C18H17BrN3O3S.BrH/c19-14-4-2-13(3-5-14)18(23)12-20-10-1-11-26-17(20)21(18)15-6-8-16(9-7-15)22(24)25;/h2-9,23H,1,10-12H2;1H/q+1;. The van der Waals surface area contributed by atoms with Gasteiger partial charge in [-0.2, -0.15) is 4.90 Å². The van der Waals surface area contributed by atoms with Gasteiger partial charge in [-0.05, 0) is 42.4 Å². The summed E-state index contributed by atoms with van der Waals surface area (Å²) in [5.41, 5.74) is 0.358. The van der Waals surface area contributed by atoms with E-state index in [0.29, 0.717) is 6.54 Å². The van der Waals surface area contributed by atoms with Crippen molar-refractivity contribution in [3.8, 4) is 0 Å². The minimum absolute atomic E-state index is 0. The molecule has 0 spiro atoms. The fourth-order valence-corrected chi connectivity index (χ4v) is 4.88. The van der Waals surface area contributed by atoms with Gasteiger partial charge in [-0.3, -0.25) is 10.1 Å². The fourth-order valence-electron chi connectivity index (χ4n) is 3.44. The third-order valence-corrected chi connectivity index (χ3v) is 6.39. The highest BCUT2D eigenvalue weighted by Crippen LogP contribution is 2.40. The number of non-ortho nitro benzene ring substituents is 1. The van der Waals surface area contributed by atoms with E-state index in [9.17, 15) is 15.2 Å². The predicted octanol–water partition coefficient (Wildman–Crippen LogP) is 4.11. The number of thioether (sulfide) groups is 1. The lowest BCUT2D eigenvalue weighted by atomic mass is 10.0. The van der Waals surface area contributed by atoms with E-state index in [1.54, 1.807) is 23.9 Å². The molecule has 6 nitrogen and oxygen atoms in total. The van der Waals surface area contributed by atoms with Crippen LogP contribution in [0.1, 0.15) is 12.0 Å². The van der Waals surface area contributed by atoms with Crippen LogP contribution in [0.3, 0.4) is 0 Å². The van der Waals surface area contributed by atoms with Crippen LogP contribution in [0.25, 0.3) is 0 Å². The van der Waals surface area contributed by atoms with Crippen LogP contribution in [0.2, 0.25) is 0 Å². The molecule has 0 bridgehead atoms. The number of hydrogen-bond donors (Lipinski definition) is 1. The number of anilines is 1. The van der Waals surface area contributed by atoms with E-state index >= 15 is 0 Å². The van der Waals surface area contributed by atoms with Crippen molar-refractivity contribution in [2.75, 3.05) is 23.7 Å². The van der Waals surface area contributed by atoms with Gasteiger partial charge in [0, 0.05) is 27.9 Å². The van der Waals surface area contributed by atoms with Crippen molar-refractivity contribution in [3.63, 3.8) is 0 Å². The highest BCUT2D eigenvalue weighted by molar-refractivity contribution is 9.10. The highest BCUT2D eigenvalue weighted by atomic mass is 79.9. The Labute approximate surface area is 179 Å². The van der Waals surface area contributed by atoms with Crippen molar-refractivity contribution in [1.29, 1.82) is 0 Å². The summed E-state index contributed by atoms with van der Waals surface area (Å²) in [7, 11) is 0. The molecule has 0 radical (unpaired) electrons. The average Bonchev–Trinajstić information content (AvgIpc) is 2.95. The first-order valence-corrected chi connectivity index (χ1v) is 10.0. The molecule has 27 heavy (non-hydrogen) atoms. The van der Waals surface area contributed by atoms with Gasteiger partial charge in [0.15, 0.2) is 6.54 Å². The van der Waals surface area contributed by atoms with Crippen molar-refractivity contribution >= 4 is 61.2 Å². The van der Waals surface area contributed by atoms with Crippen molar-refractivity contribution in [2.24, 2.45) is 0 Å². The van der Waals surface area contributed by atoms with Crippen molar-refractivity contribution in [2.45, 2.75) is 12.1 Å². The van der Waals surface area contributed by atoms with Crippen molar-refractivity contribution in [3.05, 3.63) is 68.7 Å². The Morgan fingerprint density at radius 3 is 2.48 bits per heavy atom. The normalized spacial score (nSPS) is 21.6. The molecule has 2 aromatic rings. The summed E-state index contributed by atoms with van der Waals surface area (Å²) in [5, 5.41) is 23.6. The highest BCUT2D eigenvalue weighted by Gasteiger charge is 2.55. The van der Waals surface area contributed by atoms with Crippen LogP contribution in [0, 0.1) is 10.1 Å². The molecule has 1 N–H and O–H groups in total. The number of benzene rings is 2. The average molecular weight is 516 g/mol. The minimum Gasteiger partial charge on any atom is -0.346 e. The minimum atomic E-state index is -1.22. The van der Waals surface area contributed by atoms with Crippen LogP contribution >= 0.6 is 44.7 Å². The van der Waals surface area contributed by atoms with Gasteiger partial charge in [0.25, 0.3) is 11.4 Å². The van der Waals surface area contributed by atoms with E-state index < -0.39 is 10.6 Å². The van der Waals surface area contributed by atoms with Gasteiger partial charge in [-0.25, -0.2) is 4.58 Å². The molecule has 0 aromatic heterocycles. The molecule has 9 heteroatoms. The van der Waals surface area contributed by atoms with Crippen LogP contribution in [0.5, 0.6) is 0 Å². The number of nitrogens with zero attached hydrogens (tertiary/aromatic N) is 3. The Morgan fingerprint density at radius 2 is 1.85 bits per heavy atom. The Bertz CT molecular complexity index is 890. The van der Waals surface area contributed by atoms with Crippen molar-refractivity contribution in [1.82, 2.24) is 0 Å². The molecule has 2 aliphatic rings. The van der Waals surface area contributed by atoms with Gasteiger partial charge in [0.05, 0.1) is 11.5 Å². The first-order chi connectivity index (χ1) is 12.5. The lowest BCUT2D eigenvalue weighted by molar-refractivity contribution is -0.532. The molecule has 4 rings (SSSR count). The van der Waals surface area contributed by atoms with Crippen LogP contribution in [0.4, 0.5) is 11.4 Å². The molecule has 0 fully saturated rings. The van der Waals surface area contributed by atoms with E-state index in [4.69, 9.17) is 0 Å². The first-order valence-electron chi connectivity index (χ1n) is 8.27. The Morgan fingerprint density at radius 1 is 1.19 bits per heavy atom. The lowest BCUT2D eigenvalue weighted by Crippen LogP contribution is -2.46. The van der Waals surface area contributed by atoms with E-state index in [0.717, 1.165) is 39.6 Å². The van der Waals surface area contributed by atoms with Crippen LogP contribution < -0.4 is 4.90 Å². The second-order valence-electron chi connectivity index (χ2n) is 6.34. The zero-order valence-electron chi connectivity index (χ0n) is 14.2. The van der Waals surface area contributed by atoms with Crippen LogP contribution in [-0.4, -0.2) is 38.6 Å². The van der Waals surface area contributed by atoms with E-state index in [-0.39, 0.29) is 22.7 Å². The number of halogens is 2. The zero-order chi connectivity index (χ0) is 18.3. The smallest absolute Gasteiger partial charge is 0.316 e. The number of nitro groups is 1. The zero-order valence-corrected chi connectivity index (χ0v) is 18.4. The third-order valence-electron chi connectivity index (χ3n) is 4.67. The summed E-state index contributed by atoms with van der Waals surface area (Å²) in [6.07, 6.45) is 1.07. The molecule has 0 aliphatic carbocycles. The summed E-state index contributed by atoms with van der Waals surface area (Å²) >= 11 is 5.15. The molecule has 1 atom stereocenters. The number of amidine groups is 1. The third kappa shape index (κ3) is 3.65. The molecular weight excluding hydrogens is 498 g/mol. The van der Waals surface area contributed by atoms with E-state index in [2.05, 4.69) is 20.5 Å². The number of rotatable bonds is 3. The first kappa shape index (κ1) is 20.3. The fraction of sp³-hybridized carbons (Fsp3) is 0.278. The van der Waals surface area contributed by atoms with E-state index in [1.165, 1.54) is 12.1 Å². The lowest BCUT2D eigenvalue weighted by Gasteiger charge is -2.28. The number of hydrogen-bond acceptors (Lipinski definition) is 5. The van der Waals surface area contributed by atoms with Crippen LogP contribution in [-0.2, 0) is 5.72 Å². The Kier molecular flexibility index (Phi) is 5.95. The molecule has 2 heterocycles. The molecule has 142 valence electrons.